The summed E-state index contributed by atoms with van der Waals surface area (Å²) >= 11 is 0. The van der Waals surface area contributed by atoms with E-state index in [1.54, 1.807) is 0 Å². The zero-order valence-corrected chi connectivity index (χ0v) is 19.6. The molecule has 0 bridgehead atoms. The molecule has 10 heteroatoms. The van der Waals surface area contributed by atoms with Gasteiger partial charge >= 0.3 is 6.18 Å². The van der Waals surface area contributed by atoms with Gasteiger partial charge in [-0.25, -0.2) is 9.35 Å². The third-order valence-electron chi connectivity index (χ3n) is 5.77. The first-order valence-corrected chi connectivity index (χ1v) is 11.8. The molecule has 0 fully saturated rings. The smallest absolute Gasteiger partial charge is 0.398 e. The van der Waals surface area contributed by atoms with Gasteiger partial charge in [-0.15, -0.1) is 0 Å². The van der Waals surface area contributed by atoms with Crippen molar-refractivity contribution in [2.75, 3.05) is 19.8 Å². The minimum absolute atomic E-state index is 0.0942. The van der Waals surface area contributed by atoms with Crippen LogP contribution in [0.4, 0.5) is 18.9 Å². The highest BCUT2D eigenvalue weighted by Crippen LogP contribution is 2.37. The Bertz CT molecular complexity index is 947. The molecule has 2 aliphatic rings. The molecular weight excluding hydrogens is 453 g/mol. The first kappa shape index (κ1) is 26.8. The Hall–Kier alpha value is -2.43. The molecule has 33 heavy (non-hydrogen) atoms. The van der Waals surface area contributed by atoms with E-state index in [-0.39, 0.29) is 12.0 Å². The summed E-state index contributed by atoms with van der Waals surface area (Å²) in [7, 11) is 1.03. The number of carbonyl (C=O) groups excluding carboxylic acids is 1. The third-order valence-corrected chi connectivity index (χ3v) is 6.51. The Morgan fingerprint density at radius 2 is 1.45 bits per heavy atom. The maximum Gasteiger partial charge on any atom is 0.408 e. The van der Waals surface area contributed by atoms with Crippen LogP contribution in [0, 0.1) is 0 Å². The van der Waals surface area contributed by atoms with Crippen molar-refractivity contribution >= 4 is 23.1 Å². The molecular formula is C23H31F3N4O2S. The molecule has 0 radical (unpaired) electrons. The number of hydrogen-bond donors (Lipinski definition) is 3. The van der Waals surface area contributed by atoms with Gasteiger partial charge in [0, 0.05) is 5.69 Å². The van der Waals surface area contributed by atoms with E-state index in [0.717, 1.165) is 10.6 Å². The molecule has 6 N–H and O–H groups in total. The zero-order valence-electron chi connectivity index (χ0n) is 18.8. The van der Waals surface area contributed by atoms with Gasteiger partial charge < -0.3 is 11.5 Å². The van der Waals surface area contributed by atoms with E-state index >= 15 is 0 Å². The Kier molecular flexibility index (Phi) is 9.45. The van der Waals surface area contributed by atoms with E-state index < -0.39 is 23.2 Å². The second kappa shape index (κ2) is 11.6. The second-order valence-electron chi connectivity index (χ2n) is 8.18. The molecule has 0 aromatic heterocycles. The molecule has 0 aliphatic heterocycles. The zero-order chi connectivity index (χ0) is 24.8. The standard InChI is InChI=1S/C12H15N.C10H13F3N2OS.CH3NO/c13-12-10-5-1-3-8(10)7-9-4-2-6-11(9)12;1-15(2)9(10(11,12)13)7-3-5-8(6-4-7)17(14)16;2-1-3/h7H,1-6,13H2;3-6,9H,14H2,1-2H3;1H,(H2,2,3). The quantitative estimate of drug-likeness (QED) is 0.458. The Morgan fingerprint density at radius 3 is 1.82 bits per heavy atom. The van der Waals surface area contributed by atoms with Crippen molar-refractivity contribution in [2.45, 2.75) is 55.6 Å². The highest BCUT2D eigenvalue weighted by atomic mass is 32.2. The van der Waals surface area contributed by atoms with Gasteiger partial charge in [0.05, 0.1) is 4.90 Å². The van der Waals surface area contributed by atoms with Gasteiger partial charge in [-0.3, -0.25) is 9.69 Å². The summed E-state index contributed by atoms with van der Waals surface area (Å²) in [6, 6.07) is 6.00. The van der Waals surface area contributed by atoms with Crippen molar-refractivity contribution in [3.8, 4) is 0 Å². The van der Waals surface area contributed by atoms with Gasteiger partial charge in [0.2, 0.25) is 6.41 Å². The number of alkyl halides is 3. The fraction of sp³-hybridized carbons (Fsp3) is 0.435. The van der Waals surface area contributed by atoms with Crippen molar-refractivity contribution in [1.29, 1.82) is 0 Å². The van der Waals surface area contributed by atoms with Crippen LogP contribution in [-0.4, -0.2) is 35.8 Å². The lowest BCUT2D eigenvalue weighted by molar-refractivity contribution is -0.179. The van der Waals surface area contributed by atoms with E-state index in [2.05, 4.69) is 11.8 Å². The number of fused-ring (bicyclic) bond motifs is 2. The van der Waals surface area contributed by atoms with Crippen LogP contribution in [0.5, 0.6) is 0 Å². The Morgan fingerprint density at radius 1 is 1.00 bits per heavy atom. The lowest BCUT2D eigenvalue weighted by Gasteiger charge is -2.27. The molecule has 0 spiro atoms. The van der Waals surface area contributed by atoms with Gasteiger partial charge in [-0.05, 0) is 92.6 Å². The summed E-state index contributed by atoms with van der Waals surface area (Å²) in [6.07, 6.45) is 3.46. The lowest BCUT2D eigenvalue weighted by atomic mass is 9.99. The minimum atomic E-state index is -4.35. The van der Waals surface area contributed by atoms with Crippen LogP contribution in [0.25, 0.3) is 0 Å². The summed E-state index contributed by atoms with van der Waals surface area (Å²) in [5.41, 5.74) is 17.6. The molecule has 0 heterocycles. The number of nitrogens with two attached hydrogens (primary N) is 3. The average Bonchev–Trinajstić information content (AvgIpc) is 3.38. The highest BCUT2D eigenvalue weighted by Gasteiger charge is 2.42. The first-order valence-electron chi connectivity index (χ1n) is 10.6. The van der Waals surface area contributed by atoms with E-state index in [4.69, 9.17) is 15.7 Å². The predicted octanol–water partition coefficient (Wildman–Crippen LogP) is 3.18. The Balaban J connectivity index is 0.000000213. The third kappa shape index (κ3) is 6.78. The first-order chi connectivity index (χ1) is 15.5. The lowest BCUT2D eigenvalue weighted by Crippen LogP contribution is -2.33. The molecule has 1 amide bonds. The van der Waals surface area contributed by atoms with Gasteiger partial charge in [-0.2, -0.15) is 13.2 Å². The molecule has 182 valence electrons. The maximum absolute atomic E-state index is 12.8. The number of primary amides is 1. The number of rotatable bonds is 3. The molecule has 2 aromatic carbocycles. The summed E-state index contributed by atoms with van der Waals surface area (Å²) in [6.45, 7) is 0. The predicted molar refractivity (Wildman–Crippen MR) is 125 cm³/mol. The number of amides is 1. The van der Waals surface area contributed by atoms with Crippen LogP contribution in [0.2, 0.25) is 0 Å². The van der Waals surface area contributed by atoms with Gasteiger partial charge in [-0.1, -0.05) is 18.2 Å². The van der Waals surface area contributed by atoms with Crippen molar-refractivity contribution in [1.82, 2.24) is 4.90 Å². The van der Waals surface area contributed by atoms with Crippen LogP contribution in [0.15, 0.2) is 35.2 Å². The number of hydrogen-bond acceptors (Lipinski definition) is 4. The summed E-state index contributed by atoms with van der Waals surface area (Å²) in [5, 5.41) is 5.13. The van der Waals surface area contributed by atoms with E-state index in [9.17, 15) is 17.4 Å². The summed E-state index contributed by atoms with van der Waals surface area (Å²) < 4.78 is 49.3. The van der Waals surface area contributed by atoms with Gasteiger partial charge in [0.1, 0.15) is 17.0 Å². The number of nitrogen functional groups attached to an aromatic ring is 1. The SMILES string of the molecule is CN(C)C(c1ccc(S(N)=O)cc1)C(F)(F)F.NC=O.Nc1c2c(cc3c1CCC3)CCC2. The summed E-state index contributed by atoms with van der Waals surface area (Å²) in [5.74, 6) is 0. The van der Waals surface area contributed by atoms with E-state index in [1.165, 1.54) is 99.1 Å². The van der Waals surface area contributed by atoms with Crippen molar-refractivity contribution in [3.63, 3.8) is 0 Å². The summed E-state index contributed by atoms with van der Waals surface area (Å²) in [4.78, 5) is 9.96. The Labute approximate surface area is 194 Å². The monoisotopic (exact) mass is 484 g/mol. The molecule has 0 saturated carbocycles. The molecule has 6 nitrogen and oxygen atoms in total. The topological polar surface area (TPSA) is 115 Å². The molecule has 2 atom stereocenters. The van der Waals surface area contributed by atoms with E-state index in [1.807, 2.05) is 0 Å². The van der Waals surface area contributed by atoms with Crippen LogP contribution < -0.4 is 16.6 Å². The fourth-order valence-electron chi connectivity index (χ4n) is 4.42. The number of carbonyl (C=O) groups is 1. The number of anilines is 1. The van der Waals surface area contributed by atoms with Gasteiger partial charge in [0.15, 0.2) is 0 Å². The van der Waals surface area contributed by atoms with E-state index in [0.29, 0.717) is 4.90 Å². The van der Waals surface area contributed by atoms with Gasteiger partial charge in [0.25, 0.3) is 0 Å². The van der Waals surface area contributed by atoms with Crippen LogP contribution >= 0.6 is 0 Å². The number of nitrogens with zero attached hydrogens (tertiary/aromatic N) is 1. The van der Waals surface area contributed by atoms with Crippen LogP contribution in [-0.2, 0) is 41.5 Å². The van der Waals surface area contributed by atoms with Crippen molar-refractivity contribution in [3.05, 3.63) is 58.1 Å². The van der Waals surface area contributed by atoms with Crippen LogP contribution in [0.3, 0.4) is 0 Å². The highest BCUT2D eigenvalue weighted by molar-refractivity contribution is 7.82. The number of benzene rings is 2. The molecule has 2 unspecified atom stereocenters. The molecule has 4 rings (SSSR count). The maximum atomic E-state index is 12.8. The van der Waals surface area contributed by atoms with Crippen molar-refractivity contribution < 1.29 is 22.2 Å². The average molecular weight is 485 g/mol. The van der Waals surface area contributed by atoms with Crippen molar-refractivity contribution in [2.24, 2.45) is 10.9 Å². The second-order valence-corrected chi connectivity index (χ2v) is 9.25. The minimum Gasteiger partial charge on any atom is -0.398 e. The molecule has 0 saturated heterocycles. The fourth-order valence-corrected chi connectivity index (χ4v) is 4.83. The normalized spacial score (nSPS) is 16.0. The molecule has 2 aliphatic carbocycles. The van der Waals surface area contributed by atoms with Crippen LogP contribution in [0.1, 0.15) is 46.7 Å². The number of halogens is 3. The number of aryl methyl sites for hydroxylation is 2. The largest absolute Gasteiger partial charge is 0.408 e. The molecule has 2 aromatic rings.